The van der Waals surface area contributed by atoms with Crippen LogP contribution in [0.2, 0.25) is 0 Å². The molecule has 0 aromatic heterocycles. The van der Waals surface area contributed by atoms with Crippen LogP contribution < -0.4 is 5.32 Å². The molecular formula is C19H36N2O2. The third-order valence-electron chi connectivity index (χ3n) is 5.38. The summed E-state index contributed by atoms with van der Waals surface area (Å²) < 4.78 is 5.58. The number of piperidine rings is 1. The fourth-order valence-electron chi connectivity index (χ4n) is 4.34. The second-order valence-corrected chi connectivity index (χ2v) is 9.49. The molecule has 1 amide bonds. The van der Waals surface area contributed by atoms with E-state index in [1.807, 2.05) is 25.7 Å². The Morgan fingerprint density at radius 1 is 1.17 bits per heavy atom. The molecule has 1 aliphatic carbocycles. The lowest BCUT2D eigenvalue weighted by Crippen LogP contribution is -2.57. The van der Waals surface area contributed by atoms with Crippen LogP contribution in [0, 0.1) is 11.3 Å². The number of rotatable bonds is 2. The average Bonchev–Trinajstić information content (AvgIpc) is 2.62. The molecule has 1 N–H and O–H groups in total. The first-order valence-electron chi connectivity index (χ1n) is 9.24. The maximum absolute atomic E-state index is 12.5. The van der Waals surface area contributed by atoms with E-state index in [1.165, 1.54) is 12.8 Å². The number of carbonyl (C=O) groups excluding carboxylic acids is 1. The van der Waals surface area contributed by atoms with E-state index in [1.54, 1.807) is 0 Å². The van der Waals surface area contributed by atoms with Gasteiger partial charge in [0.1, 0.15) is 5.60 Å². The Kier molecular flexibility index (Phi) is 5.34. The van der Waals surface area contributed by atoms with Crippen LogP contribution in [0.1, 0.15) is 74.1 Å². The Morgan fingerprint density at radius 2 is 1.83 bits per heavy atom. The van der Waals surface area contributed by atoms with Crippen molar-refractivity contribution in [1.82, 2.24) is 10.2 Å². The fraction of sp³-hybridized carbons (Fsp3) is 0.947. The lowest BCUT2D eigenvalue weighted by atomic mass is 9.91. The lowest BCUT2D eigenvalue weighted by Gasteiger charge is -2.41. The van der Waals surface area contributed by atoms with Gasteiger partial charge in [0.25, 0.3) is 0 Å². The summed E-state index contributed by atoms with van der Waals surface area (Å²) in [5.74, 6) is 0.703. The third kappa shape index (κ3) is 4.85. The number of amides is 1. The van der Waals surface area contributed by atoms with Gasteiger partial charge in [0.2, 0.25) is 0 Å². The Morgan fingerprint density at radius 3 is 2.35 bits per heavy atom. The zero-order valence-corrected chi connectivity index (χ0v) is 16.1. The predicted octanol–water partition coefficient (Wildman–Crippen LogP) is 4.19. The van der Waals surface area contributed by atoms with E-state index in [2.05, 4.69) is 33.0 Å². The summed E-state index contributed by atoms with van der Waals surface area (Å²) in [7, 11) is 0. The summed E-state index contributed by atoms with van der Waals surface area (Å²) in [6.07, 6.45) is 4.53. The van der Waals surface area contributed by atoms with Gasteiger partial charge in [-0.3, -0.25) is 0 Å². The van der Waals surface area contributed by atoms with Gasteiger partial charge in [-0.25, -0.2) is 4.79 Å². The average molecular weight is 325 g/mol. The van der Waals surface area contributed by atoms with Gasteiger partial charge in [0.15, 0.2) is 0 Å². The molecule has 4 atom stereocenters. The molecule has 0 bridgehead atoms. The van der Waals surface area contributed by atoms with Gasteiger partial charge in [0, 0.05) is 24.7 Å². The fourth-order valence-corrected chi connectivity index (χ4v) is 4.34. The quantitative estimate of drug-likeness (QED) is 0.828. The topological polar surface area (TPSA) is 41.6 Å². The van der Waals surface area contributed by atoms with Crippen LogP contribution in [-0.4, -0.2) is 41.3 Å². The predicted molar refractivity (Wildman–Crippen MR) is 94.5 cm³/mol. The van der Waals surface area contributed by atoms with Crippen molar-refractivity contribution in [3.63, 3.8) is 0 Å². The minimum Gasteiger partial charge on any atom is -0.444 e. The number of hydrogen-bond donors (Lipinski definition) is 1. The summed E-state index contributed by atoms with van der Waals surface area (Å²) in [4.78, 5) is 14.4. The molecule has 0 aromatic carbocycles. The second kappa shape index (κ2) is 6.62. The van der Waals surface area contributed by atoms with Crippen LogP contribution >= 0.6 is 0 Å². The van der Waals surface area contributed by atoms with E-state index >= 15 is 0 Å². The van der Waals surface area contributed by atoms with Crippen molar-refractivity contribution in [2.45, 2.75) is 97.9 Å². The minimum absolute atomic E-state index is 0.170. The highest BCUT2D eigenvalue weighted by molar-refractivity contribution is 5.68. The molecule has 2 aliphatic rings. The second-order valence-electron chi connectivity index (χ2n) is 9.49. The standard InChI is InChI=1S/C19H36N2O2/c1-13-11-19(6,7)12-16(13)20-15-9-8-10-21(14(15)2)17(22)23-18(3,4)5/h13-16,20H,8-12H2,1-7H3. The van der Waals surface area contributed by atoms with Gasteiger partial charge < -0.3 is 15.0 Å². The van der Waals surface area contributed by atoms with Gasteiger partial charge in [-0.1, -0.05) is 20.8 Å². The van der Waals surface area contributed by atoms with Crippen molar-refractivity contribution >= 4 is 6.09 Å². The highest BCUT2D eigenvalue weighted by atomic mass is 16.6. The number of nitrogens with zero attached hydrogens (tertiary/aromatic N) is 1. The molecule has 0 radical (unpaired) electrons. The van der Waals surface area contributed by atoms with Crippen LogP contribution in [0.25, 0.3) is 0 Å². The molecule has 23 heavy (non-hydrogen) atoms. The molecule has 1 saturated heterocycles. The molecule has 0 aromatic rings. The molecule has 2 rings (SSSR count). The van der Waals surface area contributed by atoms with Crippen molar-refractivity contribution in [1.29, 1.82) is 0 Å². The van der Waals surface area contributed by atoms with Gasteiger partial charge in [0.05, 0.1) is 0 Å². The molecule has 134 valence electrons. The zero-order valence-electron chi connectivity index (χ0n) is 16.1. The first-order chi connectivity index (χ1) is 10.5. The van der Waals surface area contributed by atoms with Crippen molar-refractivity contribution < 1.29 is 9.53 Å². The molecule has 4 nitrogen and oxygen atoms in total. The van der Waals surface area contributed by atoms with E-state index in [0.717, 1.165) is 19.4 Å². The molecule has 1 saturated carbocycles. The van der Waals surface area contributed by atoms with Crippen molar-refractivity contribution in [2.24, 2.45) is 11.3 Å². The van der Waals surface area contributed by atoms with Crippen LogP contribution in [-0.2, 0) is 4.74 Å². The highest BCUT2D eigenvalue weighted by Crippen LogP contribution is 2.41. The molecular weight excluding hydrogens is 288 g/mol. The van der Waals surface area contributed by atoms with E-state index in [0.29, 0.717) is 23.4 Å². The van der Waals surface area contributed by atoms with Crippen LogP contribution in [0.3, 0.4) is 0 Å². The molecule has 4 unspecified atom stereocenters. The number of carbonyl (C=O) groups is 1. The SMILES string of the molecule is CC1CC(C)(C)CC1NC1CCCN(C(=O)OC(C)(C)C)C1C. The summed E-state index contributed by atoms with van der Waals surface area (Å²) >= 11 is 0. The van der Waals surface area contributed by atoms with Crippen molar-refractivity contribution in [3.8, 4) is 0 Å². The van der Waals surface area contributed by atoms with Crippen molar-refractivity contribution in [3.05, 3.63) is 0 Å². The highest BCUT2D eigenvalue weighted by Gasteiger charge is 2.40. The smallest absolute Gasteiger partial charge is 0.410 e. The molecule has 0 spiro atoms. The van der Waals surface area contributed by atoms with Crippen molar-refractivity contribution in [2.75, 3.05) is 6.54 Å². The number of nitrogens with one attached hydrogen (secondary N) is 1. The summed E-state index contributed by atoms with van der Waals surface area (Å²) in [6, 6.07) is 1.13. The number of hydrogen-bond acceptors (Lipinski definition) is 3. The van der Waals surface area contributed by atoms with Gasteiger partial charge in [-0.15, -0.1) is 0 Å². The van der Waals surface area contributed by atoms with Gasteiger partial charge in [-0.05, 0) is 64.7 Å². The van der Waals surface area contributed by atoms with E-state index in [9.17, 15) is 4.79 Å². The number of likely N-dealkylation sites (tertiary alicyclic amines) is 1. The first kappa shape index (κ1) is 18.6. The Hall–Kier alpha value is -0.770. The third-order valence-corrected chi connectivity index (χ3v) is 5.38. The van der Waals surface area contributed by atoms with E-state index < -0.39 is 5.60 Å². The van der Waals surface area contributed by atoms with Gasteiger partial charge >= 0.3 is 6.09 Å². The van der Waals surface area contributed by atoms with Crippen LogP contribution in [0.15, 0.2) is 0 Å². The summed E-state index contributed by atoms with van der Waals surface area (Å²) in [5, 5.41) is 3.87. The maximum atomic E-state index is 12.5. The Balaban J connectivity index is 1.97. The first-order valence-corrected chi connectivity index (χ1v) is 9.24. The summed E-state index contributed by atoms with van der Waals surface area (Å²) in [5.41, 5.74) is 0.000999. The lowest BCUT2D eigenvalue weighted by molar-refractivity contribution is 0.00599. The van der Waals surface area contributed by atoms with Crippen LogP contribution in [0.4, 0.5) is 4.79 Å². The van der Waals surface area contributed by atoms with E-state index in [-0.39, 0.29) is 12.1 Å². The van der Waals surface area contributed by atoms with E-state index in [4.69, 9.17) is 4.74 Å². The molecule has 1 aliphatic heterocycles. The van der Waals surface area contributed by atoms with Gasteiger partial charge in [-0.2, -0.15) is 0 Å². The normalized spacial score (nSPS) is 34.5. The largest absolute Gasteiger partial charge is 0.444 e. The Labute approximate surface area is 142 Å². The minimum atomic E-state index is -0.429. The number of ether oxygens (including phenoxy) is 1. The molecule has 4 heteroatoms. The molecule has 1 heterocycles. The zero-order chi connectivity index (χ0) is 17.4. The maximum Gasteiger partial charge on any atom is 0.410 e. The summed E-state index contributed by atoms with van der Waals surface area (Å²) in [6.45, 7) is 15.8. The Bertz CT molecular complexity index is 428. The van der Waals surface area contributed by atoms with Crippen LogP contribution in [0.5, 0.6) is 0 Å². The monoisotopic (exact) mass is 324 g/mol. The molecule has 2 fully saturated rings.